The van der Waals surface area contributed by atoms with Crippen LogP contribution >= 0.6 is 22.6 Å². The minimum absolute atomic E-state index is 0.643. The van der Waals surface area contributed by atoms with Gasteiger partial charge >= 0.3 is 0 Å². The Kier molecular flexibility index (Phi) is 7.60. The Balaban J connectivity index is 1.59. The molecule has 0 aromatic heterocycles. The average molecular weight is 430 g/mol. The molecule has 23 heavy (non-hydrogen) atoms. The fraction of sp³-hybridized carbons (Fsp3) is 1.00. The van der Waals surface area contributed by atoms with Crippen LogP contribution in [0, 0.1) is 17.8 Å². The molecular formula is C22H39I. The normalized spacial score (nSPS) is 26.5. The zero-order chi connectivity index (χ0) is 16.0. The van der Waals surface area contributed by atoms with Crippen molar-refractivity contribution in [1.82, 2.24) is 0 Å². The molecule has 0 bridgehead atoms. The lowest BCUT2D eigenvalue weighted by Gasteiger charge is -2.40. The van der Waals surface area contributed by atoms with E-state index in [1.54, 1.807) is 57.8 Å². The molecule has 3 fully saturated rings. The summed E-state index contributed by atoms with van der Waals surface area (Å²) in [6, 6.07) is 0. The molecule has 3 aliphatic rings. The highest BCUT2D eigenvalue weighted by Crippen LogP contribution is 2.47. The van der Waals surface area contributed by atoms with E-state index in [4.69, 9.17) is 0 Å². The van der Waals surface area contributed by atoms with Gasteiger partial charge in [0.05, 0.1) is 0 Å². The smallest absolute Gasteiger partial charge is 0.0230 e. The average Bonchev–Trinajstić information content (AvgIpc) is 2.57. The third-order valence-corrected chi connectivity index (χ3v) is 8.46. The van der Waals surface area contributed by atoms with Gasteiger partial charge in [-0.05, 0) is 37.0 Å². The summed E-state index contributed by atoms with van der Waals surface area (Å²) in [5.74, 6) is 3.19. The highest BCUT2D eigenvalue weighted by Gasteiger charge is 2.36. The lowest BCUT2D eigenvalue weighted by molar-refractivity contribution is 0.219. The molecule has 0 N–H and O–H groups in total. The van der Waals surface area contributed by atoms with Gasteiger partial charge in [-0.1, -0.05) is 119 Å². The largest absolute Gasteiger partial charge is 0.0788 e. The van der Waals surface area contributed by atoms with Crippen LogP contribution in [0.25, 0.3) is 0 Å². The maximum Gasteiger partial charge on any atom is 0.0230 e. The predicted molar refractivity (Wildman–Crippen MR) is 110 cm³/mol. The van der Waals surface area contributed by atoms with Crippen LogP contribution in [-0.2, 0) is 0 Å². The third kappa shape index (κ3) is 6.19. The molecule has 0 aromatic rings. The van der Waals surface area contributed by atoms with E-state index in [0.29, 0.717) is 3.42 Å². The van der Waals surface area contributed by atoms with Gasteiger partial charge in [0.15, 0.2) is 0 Å². The van der Waals surface area contributed by atoms with E-state index < -0.39 is 0 Å². The molecule has 0 heterocycles. The summed E-state index contributed by atoms with van der Waals surface area (Å²) in [6.07, 6.45) is 27.6. The Hall–Kier alpha value is 0.730. The molecule has 0 nitrogen and oxygen atoms in total. The van der Waals surface area contributed by atoms with Crippen LogP contribution in [0.5, 0.6) is 0 Å². The lowest BCUT2D eigenvalue weighted by atomic mass is 9.72. The molecule has 0 radical (unpaired) electrons. The van der Waals surface area contributed by atoms with Gasteiger partial charge in [-0.15, -0.1) is 0 Å². The molecule has 0 unspecified atom stereocenters. The van der Waals surface area contributed by atoms with E-state index >= 15 is 0 Å². The number of halogens is 1. The zero-order valence-electron chi connectivity index (χ0n) is 15.3. The Morgan fingerprint density at radius 1 is 0.478 bits per heavy atom. The first-order valence-electron chi connectivity index (χ1n) is 10.9. The van der Waals surface area contributed by atoms with Crippen molar-refractivity contribution >= 4 is 22.6 Å². The summed E-state index contributed by atoms with van der Waals surface area (Å²) in [6.45, 7) is 0. The monoisotopic (exact) mass is 430 g/mol. The van der Waals surface area contributed by atoms with Crippen LogP contribution < -0.4 is 0 Å². The molecule has 0 atom stereocenters. The molecule has 3 saturated carbocycles. The third-order valence-electron chi connectivity index (χ3n) is 7.14. The van der Waals surface area contributed by atoms with Gasteiger partial charge in [0.25, 0.3) is 0 Å². The standard InChI is InChI=1S/C22H39I/c23-22(16-19-10-4-1-5-11-19,17-20-12-6-2-7-13-20)18-21-14-8-3-9-15-21/h19-21H,1-18H2. The van der Waals surface area contributed by atoms with Gasteiger partial charge in [-0.25, -0.2) is 0 Å². The Morgan fingerprint density at radius 3 is 1.00 bits per heavy atom. The maximum absolute atomic E-state index is 2.98. The summed E-state index contributed by atoms with van der Waals surface area (Å²) in [5.41, 5.74) is 0. The summed E-state index contributed by atoms with van der Waals surface area (Å²) in [7, 11) is 0. The number of hydrogen-bond donors (Lipinski definition) is 0. The van der Waals surface area contributed by atoms with Crippen molar-refractivity contribution in [2.75, 3.05) is 0 Å². The molecule has 0 saturated heterocycles. The molecule has 3 rings (SSSR count). The van der Waals surface area contributed by atoms with Gasteiger partial charge < -0.3 is 0 Å². The van der Waals surface area contributed by atoms with E-state index in [-0.39, 0.29) is 0 Å². The van der Waals surface area contributed by atoms with Crippen LogP contribution in [0.15, 0.2) is 0 Å². The highest BCUT2D eigenvalue weighted by molar-refractivity contribution is 14.1. The number of hydrogen-bond acceptors (Lipinski definition) is 0. The topological polar surface area (TPSA) is 0 Å². The van der Waals surface area contributed by atoms with Gasteiger partial charge in [-0.3, -0.25) is 0 Å². The SMILES string of the molecule is IC(CC1CCCCC1)(CC1CCCCC1)CC1CCCCC1. The maximum atomic E-state index is 2.98. The number of rotatable bonds is 6. The predicted octanol–water partition coefficient (Wildman–Crippen LogP) is 8.07. The fourth-order valence-electron chi connectivity index (χ4n) is 5.98. The first-order valence-corrected chi connectivity index (χ1v) is 12.0. The van der Waals surface area contributed by atoms with Crippen molar-refractivity contribution in [3.63, 3.8) is 0 Å². The van der Waals surface area contributed by atoms with E-state index in [2.05, 4.69) is 22.6 Å². The van der Waals surface area contributed by atoms with Crippen molar-refractivity contribution in [3.8, 4) is 0 Å². The second-order valence-electron chi connectivity index (χ2n) is 9.28. The molecule has 3 aliphatic carbocycles. The van der Waals surface area contributed by atoms with Crippen LogP contribution in [0.2, 0.25) is 0 Å². The molecule has 1 heteroatoms. The summed E-state index contributed by atoms with van der Waals surface area (Å²) in [4.78, 5) is 0. The zero-order valence-corrected chi connectivity index (χ0v) is 17.5. The molecule has 0 spiro atoms. The van der Waals surface area contributed by atoms with E-state index in [0.717, 1.165) is 17.8 Å². The molecule has 0 amide bonds. The van der Waals surface area contributed by atoms with Gasteiger partial charge in [0, 0.05) is 3.42 Å². The second-order valence-corrected chi connectivity index (χ2v) is 11.6. The van der Waals surface area contributed by atoms with Crippen molar-refractivity contribution in [2.24, 2.45) is 17.8 Å². The van der Waals surface area contributed by atoms with E-state index in [9.17, 15) is 0 Å². The Labute approximate surface area is 159 Å². The first-order chi connectivity index (χ1) is 11.2. The van der Waals surface area contributed by atoms with Crippen molar-refractivity contribution < 1.29 is 0 Å². The van der Waals surface area contributed by atoms with E-state index in [1.165, 1.54) is 57.8 Å². The molecular weight excluding hydrogens is 391 g/mol. The van der Waals surface area contributed by atoms with Crippen molar-refractivity contribution in [2.45, 2.75) is 119 Å². The van der Waals surface area contributed by atoms with Crippen LogP contribution in [-0.4, -0.2) is 3.42 Å². The van der Waals surface area contributed by atoms with Crippen LogP contribution in [0.3, 0.4) is 0 Å². The molecule has 134 valence electrons. The second kappa shape index (κ2) is 9.43. The Morgan fingerprint density at radius 2 is 0.739 bits per heavy atom. The van der Waals surface area contributed by atoms with Crippen molar-refractivity contribution in [1.29, 1.82) is 0 Å². The fourth-order valence-corrected chi connectivity index (χ4v) is 7.84. The summed E-state index contributed by atoms with van der Waals surface area (Å²) < 4.78 is 0.643. The van der Waals surface area contributed by atoms with Gasteiger partial charge in [0.1, 0.15) is 0 Å². The summed E-state index contributed by atoms with van der Waals surface area (Å²) >= 11 is 2.98. The van der Waals surface area contributed by atoms with Gasteiger partial charge in [0.2, 0.25) is 0 Å². The first kappa shape index (κ1) is 18.5. The highest BCUT2D eigenvalue weighted by atomic mass is 127. The van der Waals surface area contributed by atoms with Crippen LogP contribution in [0.4, 0.5) is 0 Å². The molecule has 0 aliphatic heterocycles. The van der Waals surface area contributed by atoms with Gasteiger partial charge in [-0.2, -0.15) is 0 Å². The van der Waals surface area contributed by atoms with Crippen molar-refractivity contribution in [3.05, 3.63) is 0 Å². The molecule has 0 aromatic carbocycles. The Bertz CT molecular complexity index is 269. The lowest BCUT2D eigenvalue weighted by Crippen LogP contribution is -2.32. The minimum atomic E-state index is 0.643. The quantitative estimate of drug-likeness (QED) is 0.295. The van der Waals surface area contributed by atoms with E-state index in [1.807, 2.05) is 0 Å². The van der Waals surface area contributed by atoms with Crippen LogP contribution in [0.1, 0.15) is 116 Å². The minimum Gasteiger partial charge on any atom is -0.0788 e. The number of alkyl halides is 1. The summed E-state index contributed by atoms with van der Waals surface area (Å²) in [5, 5.41) is 0.